The number of rotatable bonds is 1. The van der Waals surface area contributed by atoms with Crippen LogP contribution in [0.5, 0.6) is 5.75 Å². The van der Waals surface area contributed by atoms with E-state index in [2.05, 4.69) is 15.9 Å². The van der Waals surface area contributed by atoms with Crippen molar-refractivity contribution < 1.29 is 4.74 Å². The molecule has 1 aliphatic rings. The Bertz CT molecular complexity index is 370. The summed E-state index contributed by atoms with van der Waals surface area (Å²) in [4.78, 5) is 0. The molecule has 4 heteroatoms. The van der Waals surface area contributed by atoms with Crippen LogP contribution in [0.15, 0.2) is 16.6 Å². The molecule has 2 nitrogen and oxygen atoms in total. The van der Waals surface area contributed by atoms with Gasteiger partial charge in [0.1, 0.15) is 5.75 Å². The highest BCUT2D eigenvalue weighted by Crippen LogP contribution is 2.39. The zero-order chi connectivity index (χ0) is 10.8. The van der Waals surface area contributed by atoms with Gasteiger partial charge in [0, 0.05) is 21.8 Å². The van der Waals surface area contributed by atoms with Crippen molar-refractivity contribution in [3.63, 3.8) is 0 Å². The Balaban J connectivity index is 2.55. The minimum absolute atomic E-state index is 0.125. The van der Waals surface area contributed by atoms with Crippen molar-refractivity contribution in [2.24, 2.45) is 5.73 Å². The molecule has 1 aromatic rings. The summed E-state index contributed by atoms with van der Waals surface area (Å²) in [6, 6.07) is 4.15. The first kappa shape index (κ1) is 11.3. The number of nitrogens with two attached hydrogens (primary N) is 1. The van der Waals surface area contributed by atoms with Gasteiger partial charge in [0.15, 0.2) is 0 Å². The molecular weight excluding hydrogens is 274 g/mol. The number of methoxy groups -OCH3 is 1. The van der Waals surface area contributed by atoms with Gasteiger partial charge < -0.3 is 10.5 Å². The minimum atomic E-state index is 0.125. The Labute approximate surface area is 103 Å². The molecule has 0 radical (unpaired) electrons. The molecule has 0 saturated heterocycles. The van der Waals surface area contributed by atoms with Crippen molar-refractivity contribution in [3.05, 3.63) is 27.7 Å². The van der Waals surface area contributed by atoms with Crippen LogP contribution in [0.1, 0.15) is 23.6 Å². The first-order valence-corrected chi connectivity index (χ1v) is 6.87. The first-order chi connectivity index (χ1) is 7.24. The van der Waals surface area contributed by atoms with E-state index in [-0.39, 0.29) is 6.04 Å². The third kappa shape index (κ3) is 2.17. The van der Waals surface area contributed by atoms with Crippen LogP contribution in [0.2, 0.25) is 0 Å². The number of ether oxygens (including phenoxy) is 1. The minimum Gasteiger partial charge on any atom is -0.496 e. The second kappa shape index (κ2) is 4.76. The molecule has 15 heavy (non-hydrogen) atoms. The fourth-order valence-corrected chi connectivity index (χ4v) is 3.62. The van der Waals surface area contributed by atoms with Gasteiger partial charge in [-0.2, -0.15) is 11.8 Å². The number of benzene rings is 1. The standard InChI is InChI=1S/C11H14BrNOS/c1-14-10-3-2-8(12)11-7(10)6-15-5-4-9(11)13/h2-3,9H,4-6,13H2,1H3. The summed E-state index contributed by atoms with van der Waals surface area (Å²) in [7, 11) is 1.71. The zero-order valence-corrected chi connectivity index (χ0v) is 11.0. The molecule has 1 heterocycles. The van der Waals surface area contributed by atoms with Crippen molar-refractivity contribution in [3.8, 4) is 5.75 Å². The summed E-state index contributed by atoms with van der Waals surface area (Å²) >= 11 is 5.50. The molecule has 0 fully saturated rings. The number of halogens is 1. The first-order valence-electron chi connectivity index (χ1n) is 4.92. The monoisotopic (exact) mass is 287 g/mol. The predicted molar refractivity (Wildman–Crippen MR) is 68.4 cm³/mol. The second-order valence-corrected chi connectivity index (χ2v) is 5.55. The van der Waals surface area contributed by atoms with Crippen molar-refractivity contribution in [1.29, 1.82) is 0 Å². The van der Waals surface area contributed by atoms with Gasteiger partial charge >= 0.3 is 0 Å². The summed E-state index contributed by atoms with van der Waals surface area (Å²) in [5, 5.41) is 0. The van der Waals surface area contributed by atoms with Crippen molar-refractivity contribution in [2.75, 3.05) is 12.9 Å². The van der Waals surface area contributed by atoms with Gasteiger partial charge in [-0.25, -0.2) is 0 Å². The number of hydrogen-bond donors (Lipinski definition) is 1. The van der Waals surface area contributed by atoms with Crippen molar-refractivity contribution >= 4 is 27.7 Å². The number of thioether (sulfide) groups is 1. The Hall–Kier alpha value is -0.190. The van der Waals surface area contributed by atoms with E-state index in [4.69, 9.17) is 10.5 Å². The number of hydrogen-bond acceptors (Lipinski definition) is 3. The highest BCUT2D eigenvalue weighted by atomic mass is 79.9. The fraction of sp³-hybridized carbons (Fsp3) is 0.455. The lowest BCUT2D eigenvalue weighted by atomic mass is 9.99. The quantitative estimate of drug-likeness (QED) is 0.862. The van der Waals surface area contributed by atoms with Crippen LogP contribution in [0.4, 0.5) is 0 Å². The van der Waals surface area contributed by atoms with Crippen LogP contribution in [-0.4, -0.2) is 12.9 Å². The lowest BCUT2D eigenvalue weighted by Crippen LogP contribution is -2.12. The van der Waals surface area contributed by atoms with Gasteiger partial charge in [-0.15, -0.1) is 0 Å². The summed E-state index contributed by atoms with van der Waals surface area (Å²) in [6.07, 6.45) is 1.03. The Morgan fingerprint density at radius 3 is 3.07 bits per heavy atom. The van der Waals surface area contributed by atoms with Gasteiger partial charge in [-0.3, -0.25) is 0 Å². The third-order valence-corrected chi connectivity index (χ3v) is 4.38. The summed E-state index contributed by atoms with van der Waals surface area (Å²) < 4.78 is 6.49. The molecule has 82 valence electrons. The maximum atomic E-state index is 6.17. The molecule has 2 N–H and O–H groups in total. The van der Waals surface area contributed by atoms with Gasteiger partial charge in [0.2, 0.25) is 0 Å². The van der Waals surface area contributed by atoms with Crippen LogP contribution in [0, 0.1) is 0 Å². The molecule has 2 rings (SSSR count). The van der Waals surface area contributed by atoms with Crippen LogP contribution in [-0.2, 0) is 5.75 Å². The zero-order valence-electron chi connectivity index (χ0n) is 8.63. The second-order valence-electron chi connectivity index (χ2n) is 3.59. The van der Waals surface area contributed by atoms with E-state index in [1.165, 1.54) is 11.1 Å². The molecule has 0 amide bonds. The molecule has 1 aromatic carbocycles. The van der Waals surface area contributed by atoms with E-state index in [0.717, 1.165) is 28.1 Å². The van der Waals surface area contributed by atoms with Crippen LogP contribution >= 0.6 is 27.7 Å². The highest BCUT2D eigenvalue weighted by Gasteiger charge is 2.21. The van der Waals surface area contributed by atoms with E-state index in [0.29, 0.717) is 0 Å². The van der Waals surface area contributed by atoms with E-state index in [1.54, 1.807) is 7.11 Å². The predicted octanol–water partition coefficient (Wildman–Crippen LogP) is 3.09. The number of fused-ring (bicyclic) bond motifs is 1. The average molecular weight is 288 g/mol. The molecule has 1 unspecified atom stereocenters. The topological polar surface area (TPSA) is 35.2 Å². The summed E-state index contributed by atoms with van der Waals surface area (Å²) in [6.45, 7) is 0. The molecule has 0 aliphatic carbocycles. The molecule has 0 bridgehead atoms. The van der Waals surface area contributed by atoms with E-state index >= 15 is 0 Å². The van der Waals surface area contributed by atoms with E-state index < -0.39 is 0 Å². The maximum absolute atomic E-state index is 6.17. The normalized spacial score (nSPS) is 20.6. The van der Waals surface area contributed by atoms with Crippen LogP contribution < -0.4 is 10.5 Å². The van der Waals surface area contributed by atoms with Gasteiger partial charge in [0.05, 0.1) is 7.11 Å². The van der Waals surface area contributed by atoms with Crippen molar-refractivity contribution in [1.82, 2.24) is 0 Å². The SMILES string of the molecule is COc1ccc(Br)c2c1CSCCC2N. The lowest BCUT2D eigenvalue weighted by Gasteiger charge is -2.16. The smallest absolute Gasteiger partial charge is 0.123 e. The highest BCUT2D eigenvalue weighted by molar-refractivity contribution is 9.10. The summed E-state index contributed by atoms with van der Waals surface area (Å²) in [5.74, 6) is 3.06. The van der Waals surface area contributed by atoms with Gasteiger partial charge in [-0.1, -0.05) is 15.9 Å². The fourth-order valence-electron chi connectivity index (χ4n) is 1.89. The Kier molecular flexibility index (Phi) is 3.59. The Morgan fingerprint density at radius 1 is 1.53 bits per heavy atom. The van der Waals surface area contributed by atoms with Crippen LogP contribution in [0.25, 0.3) is 0 Å². The van der Waals surface area contributed by atoms with Crippen molar-refractivity contribution in [2.45, 2.75) is 18.2 Å². The largest absolute Gasteiger partial charge is 0.496 e. The van der Waals surface area contributed by atoms with Gasteiger partial charge in [-0.05, 0) is 29.9 Å². The van der Waals surface area contributed by atoms with E-state index in [9.17, 15) is 0 Å². The Morgan fingerprint density at radius 2 is 2.33 bits per heavy atom. The van der Waals surface area contributed by atoms with Gasteiger partial charge in [0.25, 0.3) is 0 Å². The summed E-state index contributed by atoms with van der Waals surface area (Å²) in [5.41, 5.74) is 8.65. The molecule has 0 saturated carbocycles. The molecule has 1 atom stereocenters. The molecule has 1 aliphatic heterocycles. The van der Waals surface area contributed by atoms with E-state index in [1.807, 2.05) is 23.9 Å². The average Bonchev–Trinajstić information content (AvgIpc) is 2.42. The lowest BCUT2D eigenvalue weighted by molar-refractivity contribution is 0.410. The molecule has 0 spiro atoms. The maximum Gasteiger partial charge on any atom is 0.123 e. The molecular formula is C11H14BrNOS. The molecule has 0 aromatic heterocycles. The van der Waals surface area contributed by atoms with Crippen LogP contribution in [0.3, 0.4) is 0 Å². The third-order valence-electron chi connectivity index (χ3n) is 2.67.